The Morgan fingerprint density at radius 1 is 0.966 bits per heavy atom. The second-order valence-corrected chi connectivity index (χ2v) is 7.02. The molecule has 154 valence electrons. The highest BCUT2D eigenvalue weighted by Gasteiger charge is 2.35. The summed E-state index contributed by atoms with van der Waals surface area (Å²) in [5.74, 6) is 1.92. The number of benzene rings is 2. The molecule has 0 spiro atoms. The third-order valence-electron chi connectivity index (χ3n) is 4.52. The zero-order valence-corrected chi connectivity index (χ0v) is 18.1. The van der Waals surface area contributed by atoms with Crippen LogP contribution in [0.25, 0.3) is 0 Å². The van der Waals surface area contributed by atoms with Crippen LogP contribution in [0.4, 0.5) is 5.69 Å². The number of carbonyl (C=O) groups is 1. The lowest BCUT2D eigenvalue weighted by atomic mass is 10.1. The number of anilines is 1. The average molecular weight is 437 g/mol. The van der Waals surface area contributed by atoms with E-state index in [0.717, 1.165) is 5.56 Å². The fourth-order valence-corrected chi connectivity index (χ4v) is 3.69. The van der Waals surface area contributed by atoms with E-state index in [4.69, 9.17) is 42.8 Å². The number of ether oxygens (including phenoxy) is 4. The molecule has 0 aliphatic carbocycles. The molecule has 1 amide bonds. The van der Waals surface area contributed by atoms with Gasteiger partial charge in [-0.3, -0.25) is 9.69 Å². The van der Waals surface area contributed by atoms with E-state index in [2.05, 4.69) is 0 Å². The van der Waals surface area contributed by atoms with E-state index < -0.39 is 0 Å². The first-order chi connectivity index (χ1) is 13.9. The molecule has 1 fully saturated rings. The second kappa shape index (κ2) is 8.75. The molecule has 1 heterocycles. The van der Waals surface area contributed by atoms with Gasteiger partial charge >= 0.3 is 0 Å². The Hall–Kier alpha value is -2.71. The second-order valence-electron chi connectivity index (χ2n) is 6.22. The number of hydrogen-bond acceptors (Lipinski definition) is 6. The third-order valence-corrected chi connectivity index (χ3v) is 5.19. The molecule has 0 atom stereocenters. The van der Waals surface area contributed by atoms with Gasteiger partial charge in [0.2, 0.25) is 5.75 Å². The van der Waals surface area contributed by atoms with Gasteiger partial charge in [0.25, 0.3) is 5.91 Å². The number of nitrogens with zero attached hydrogens (tertiary/aromatic N) is 2. The van der Waals surface area contributed by atoms with Crippen LogP contribution in [0.5, 0.6) is 23.0 Å². The molecule has 0 N–H and O–H groups in total. The molecule has 3 rings (SSSR count). The standard InChI is InChI=1S/C20H21ClN2O5S/c1-25-15-6-5-13(21)9-14(15)23-18(24)11-22(20(23)29)10-12-7-16(26-2)19(28-4)17(8-12)27-3/h5-9H,10-11H2,1-4H3. The number of carbonyl (C=O) groups excluding carboxylic acids is 1. The van der Waals surface area contributed by atoms with E-state index in [1.54, 1.807) is 44.4 Å². The molecule has 9 heteroatoms. The molecule has 1 aliphatic rings. The highest BCUT2D eigenvalue weighted by Crippen LogP contribution is 2.39. The number of amides is 1. The minimum Gasteiger partial charge on any atom is -0.495 e. The van der Waals surface area contributed by atoms with Gasteiger partial charge in [0.05, 0.1) is 34.1 Å². The van der Waals surface area contributed by atoms with Crippen LogP contribution < -0.4 is 23.8 Å². The third kappa shape index (κ3) is 4.04. The van der Waals surface area contributed by atoms with Gasteiger partial charge in [-0.05, 0) is 48.1 Å². The van der Waals surface area contributed by atoms with Crippen molar-refractivity contribution in [3.8, 4) is 23.0 Å². The average Bonchev–Trinajstić information content (AvgIpc) is 2.99. The Morgan fingerprint density at radius 2 is 1.59 bits per heavy atom. The van der Waals surface area contributed by atoms with E-state index in [9.17, 15) is 4.79 Å². The summed E-state index contributed by atoms with van der Waals surface area (Å²) in [7, 11) is 6.19. The Bertz CT molecular complexity index is 927. The van der Waals surface area contributed by atoms with Crippen LogP contribution in [0, 0.1) is 0 Å². The molecular formula is C20H21ClN2O5S. The Morgan fingerprint density at radius 3 is 2.14 bits per heavy atom. The van der Waals surface area contributed by atoms with Crippen LogP contribution in [0.2, 0.25) is 5.02 Å². The van der Waals surface area contributed by atoms with Crippen molar-refractivity contribution in [2.75, 3.05) is 39.9 Å². The molecule has 1 saturated heterocycles. The van der Waals surface area contributed by atoms with Gasteiger partial charge in [0.15, 0.2) is 16.6 Å². The van der Waals surface area contributed by atoms with Crippen molar-refractivity contribution in [2.45, 2.75) is 6.54 Å². The summed E-state index contributed by atoms with van der Waals surface area (Å²) < 4.78 is 21.5. The summed E-state index contributed by atoms with van der Waals surface area (Å²) in [4.78, 5) is 16.0. The molecule has 0 radical (unpaired) electrons. The van der Waals surface area contributed by atoms with E-state index in [-0.39, 0.29) is 12.5 Å². The largest absolute Gasteiger partial charge is 0.495 e. The Kier molecular flexibility index (Phi) is 6.34. The topological polar surface area (TPSA) is 60.5 Å². The van der Waals surface area contributed by atoms with E-state index in [1.807, 2.05) is 12.1 Å². The Balaban J connectivity index is 1.91. The molecule has 0 saturated carbocycles. The molecule has 0 aromatic heterocycles. The van der Waals surface area contributed by atoms with Crippen molar-refractivity contribution in [1.29, 1.82) is 0 Å². The van der Waals surface area contributed by atoms with E-state index >= 15 is 0 Å². The first kappa shape index (κ1) is 21.0. The molecule has 0 bridgehead atoms. The summed E-state index contributed by atoms with van der Waals surface area (Å²) in [6, 6.07) is 8.72. The normalized spacial score (nSPS) is 13.7. The minimum absolute atomic E-state index is 0.130. The van der Waals surface area contributed by atoms with Crippen molar-refractivity contribution in [1.82, 2.24) is 4.90 Å². The number of halogens is 1. The fourth-order valence-electron chi connectivity index (χ4n) is 3.20. The van der Waals surface area contributed by atoms with E-state index in [1.165, 1.54) is 12.0 Å². The zero-order valence-electron chi connectivity index (χ0n) is 16.5. The molecule has 7 nitrogen and oxygen atoms in total. The van der Waals surface area contributed by atoms with Crippen LogP contribution in [0.3, 0.4) is 0 Å². The van der Waals surface area contributed by atoms with Crippen LogP contribution >= 0.6 is 23.8 Å². The van der Waals surface area contributed by atoms with Gasteiger partial charge in [0.1, 0.15) is 12.3 Å². The van der Waals surface area contributed by atoms with Crippen LogP contribution in [-0.2, 0) is 11.3 Å². The highest BCUT2D eigenvalue weighted by atomic mass is 35.5. The molecule has 2 aromatic carbocycles. The van der Waals surface area contributed by atoms with Gasteiger partial charge in [-0.1, -0.05) is 11.6 Å². The smallest absolute Gasteiger partial charge is 0.253 e. The van der Waals surface area contributed by atoms with Crippen molar-refractivity contribution in [3.63, 3.8) is 0 Å². The lowest BCUT2D eigenvalue weighted by Crippen LogP contribution is -2.32. The lowest BCUT2D eigenvalue weighted by Gasteiger charge is -2.22. The van der Waals surface area contributed by atoms with Crippen molar-refractivity contribution in [2.24, 2.45) is 0 Å². The SMILES string of the molecule is COc1ccc(Cl)cc1N1C(=O)CN(Cc2cc(OC)c(OC)c(OC)c2)C1=S. The summed E-state index contributed by atoms with van der Waals surface area (Å²) >= 11 is 11.7. The summed E-state index contributed by atoms with van der Waals surface area (Å²) in [6.45, 7) is 0.520. The highest BCUT2D eigenvalue weighted by molar-refractivity contribution is 7.80. The van der Waals surface area contributed by atoms with Gasteiger partial charge in [-0.2, -0.15) is 0 Å². The van der Waals surface area contributed by atoms with Gasteiger partial charge < -0.3 is 23.8 Å². The van der Waals surface area contributed by atoms with Crippen LogP contribution in [-0.4, -0.2) is 50.9 Å². The summed E-state index contributed by atoms with van der Waals surface area (Å²) in [6.07, 6.45) is 0. The predicted octanol–water partition coefficient (Wildman–Crippen LogP) is 3.51. The molecular weight excluding hydrogens is 416 g/mol. The van der Waals surface area contributed by atoms with Crippen molar-refractivity contribution >= 4 is 40.5 Å². The first-order valence-electron chi connectivity index (χ1n) is 8.67. The van der Waals surface area contributed by atoms with Crippen LogP contribution in [0.15, 0.2) is 30.3 Å². The predicted molar refractivity (Wildman–Crippen MR) is 115 cm³/mol. The number of methoxy groups -OCH3 is 4. The Labute approximate surface area is 179 Å². The summed E-state index contributed by atoms with van der Waals surface area (Å²) in [5.41, 5.74) is 1.37. The van der Waals surface area contributed by atoms with E-state index in [0.29, 0.717) is 45.4 Å². The van der Waals surface area contributed by atoms with Crippen LogP contribution in [0.1, 0.15) is 5.56 Å². The quantitative estimate of drug-likeness (QED) is 0.615. The number of hydrogen-bond donors (Lipinski definition) is 0. The fraction of sp³-hybridized carbons (Fsp3) is 0.300. The molecule has 29 heavy (non-hydrogen) atoms. The van der Waals surface area contributed by atoms with Crippen molar-refractivity contribution < 1.29 is 23.7 Å². The molecule has 0 unspecified atom stereocenters. The molecule has 1 aliphatic heterocycles. The number of thiocarbonyl (C=S) groups is 1. The lowest BCUT2D eigenvalue weighted by molar-refractivity contribution is -0.116. The maximum absolute atomic E-state index is 12.7. The van der Waals surface area contributed by atoms with Gasteiger partial charge in [-0.15, -0.1) is 0 Å². The maximum atomic E-state index is 12.7. The maximum Gasteiger partial charge on any atom is 0.253 e. The minimum atomic E-state index is -0.164. The summed E-state index contributed by atoms with van der Waals surface area (Å²) in [5, 5.41) is 0.851. The van der Waals surface area contributed by atoms with Gasteiger partial charge in [-0.25, -0.2) is 0 Å². The first-order valence-corrected chi connectivity index (χ1v) is 9.46. The zero-order chi connectivity index (χ0) is 21.1. The van der Waals surface area contributed by atoms with Gasteiger partial charge in [0, 0.05) is 11.6 Å². The monoisotopic (exact) mass is 436 g/mol. The van der Waals surface area contributed by atoms with Crippen molar-refractivity contribution in [3.05, 3.63) is 40.9 Å². The molecule has 2 aromatic rings. The number of rotatable bonds is 7.